The number of piperazine rings is 1. The van der Waals surface area contributed by atoms with Crippen LogP contribution in [0.2, 0.25) is 0 Å². The Bertz CT molecular complexity index is 989. The lowest BCUT2D eigenvalue weighted by Gasteiger charge is -2.35. The van der Waals surface area contributed by atoms with E-state index < -0.39 is 0 Å². The van der Waals surface area contributed by atoms with Gasteiger partial charge in [-0.1, -0.05) is 0 Å². The third-order valence-corrected chi connectivity index (χ3v) is 4.49. The Hall–Kier alpha value is -3.49. The molecule has 138 valence electrons. The predicted octanol–water partition coefficient (Wildman–Crippen LogP) is 0.793. The summed E-state index contributed by atoms with van der Waals surface area (Å²) in [5.41, 5.74) is 0.708. The van der Waals surface area contributed by atoms with E-state index in [2.05, 4.69) is 20.2 Å². The first-order chi connectivity index (χ1) is 13.1. The molecular weight excluding hydrogens is 348 g/mol. The molecule has 3 aromatic rings. The molecule has 27 heavy (non-hydrogen) atoms. The Morgan fingerprint density at radius 1 is 1.04 bits per heavy atom. The van der Waals surface area contributed by atoms with Gasteiger partial charge in [-0.3, -0.25) is 9.59 Å². The lowest BCUT2D eigenvalue weighted by Crippen LogP contribution is -2.49. The van der Waals surface area contributed by atoms with E-state index in [0.717, 1.165) is 5.82 Å². The molecule has 1 aliphatic heterocycles. The number of carbonyl (C=O) groups excluding carboxylic acids is 1. The number of aromatic nitrogens is 4. The Morgan fingerprint density at radius 2 is 1.85 bits per heavy atom. The number of hydrogen-bond donors (Lipinski definition) is 0. The van der Waals surface area contributed by atoms with Gasteiger partial charge in [0.25, 0.3) is 11.5 Å². The van der Waals surface area contributed by atoms with E-state index >= 15 is 0 Å². The van der Waals surface area contributed by atoms with E-state index in [9.17, 15) is 9.59 Å². The molecular formula is C18H18N6O3. The molecule has 0 saturated carbocycles. The quantitative estimate of drug-likeness (QED) is 0.676. The van der Waals surface area contributed by atoms with Crippen molar-refractivity contribution in [2.45, 2.75) is 0 Å². The number of furan rings is 1. The van der Waals surface area contributed by atoms with E-state index in [1.54, 1.807) is 17.2 Å². The molecule has 4 rings (SSSR count). The number of aryl methyl sites for hydroxylation is 1. The second-order valence-electron chi connectivity index (χ2n) is 6.21. The van der Waals surface area contributed by atoms with Crippen molar-refractivity contribution in [3.05, 3.63) is 58.7 Å². The first kappa shape index (κ1) is 17.0. The highest BCUT2D eigenvalue weighted by Crippen LogP contribution is 2.19. The summed E-state index contributed by atoms with van der Waals surface area (Å²) in [4.78, 5) is 27.8. The van der Waals surface area contributed by atoms with Gasteiger partial charge in [-0.05, 0) is 30.3 Å². The minimum atomic E-state index is -0.243. The third kappa shape index (κ3) is 3.43. The van der Waals surface area contributed by atoms with Gasteiger partial charge in [0.05, 0.1) is 6.26 Å². The molecule has 1 amide bonds. The lowest BCUT2D eigenvalue weighted by atomic mass is 10.2. The number of nitrogens with zero attached hydrogens (tertiary/aromatic N) is 6. The molecule has 1 saturated heterocycles. The van der Waals surface area contributed by atoms with Crippen LogP contribution in [0.5, 0.6) is 0 Å². The molecule has 0 radical (unpaired) electrons. The van der Waals surface area contributed by atoms with Crippen LogP contribution >= 0.6 is 0 Å². The number of rotatable bonds is 3. The molecule has 1 fully saturated rings. The summed E-state index contributed by atoms with van der Waals surface area (Å²) in [5, 5.41) is 12.5. The smallest absolute Gasteiger partial charge is 0.274 e. The summed E-state index contributed by atoms with van der Waals surface area (Å²) in [6.07, 6.45) is 1.60. The number of amides is 1. The Kier molecular flexibility index (Phi) is 4.41. The van der Waals surface area contributed by atoms with Crippen molar-refractivity contribution in [1.29, 1.82) is 0 Å². The molecule has 0 atom stereocenters. The van der Waals surface area contributed by atoms with E-state index in [0.29, 0.717) is 37.6 Å². The summed E-state index contributed by atoms with van der Waals surface area (Å²) < 4.78 is 6.48. The summed E-state index contributed by atoms with van der Waals surface area (Å²) >= 11 is 0. The highest BCUT2D eigenvalue weighted by atomic mass is 16.3. The van der Waals surface area contributed by atoms with Gasteiger partial charge in [-0.15, -0.1) is 10.2 Å². The largest absolute Gasteiger partial charge is 0.463 e. The summed E-state index contributed by atoms with van der Waals surface area (Å²) in [7, 11) is 1.53. The fraction of sp³-hybridized carbons (Fsp3) is 0.278. The maximum Gasteiger partial charge on any atom is 0.274 e. The maximum absolute atomic E-state index is 12.6. The van der Waals surface area contributed by atoms with Crippen molar-refractivity contribution in [2.24, 2.45) is 7.05 Å². The molecule has 0 aromatic carbocycles. The number of hydrogen-bond acceptors (Lipinski definition) is 7. The van der Waals surface area contributed by atoms with Gasteiger partial charge in [0, 0.05) is 39.3 Å². The predicted molar refractivity (Wildman–Crippen MR) is 97.3 cm³/mol. The van der Waals surface area contributed by atoms with Crippen LogP contribution < -0.4 is 10.5 Å². The molecule has 9 heteroatoms. The van der Waals surface area contributed by atoms with Crippen molar-refractivity contribution in [2.75, 3.05) is 31.1 Å². The van der Waals surface area contributed by atoms with Crippen LogP contribution in [0.1, 0.15) is 10.5 Å². The minimum Gasteiger partial charge on any atom is -0.463 e. The van der Waals surface area contributed by atoms with Crippen LogP contribution in [0.3, 0.4) is 0 Å². The van der Waals surface area contributed by atoms with Crippen LogP contribution in [0, 0.1) is 0 Å². The van der Waals surface area contributed by atoms with Crippen molar-refractivity contribution in [3.63, 3.8) is 0 Å². The first-order valence-electron chi connectivity index (χ1n) is 8.58. The van der Waals surface area contributed by atoms with Gasteiger partial charge in [0.15, 0.2) is 11.6 Å². The van der Waals surface area contributed by atoms with Gasteiger partial charge in [0.1, 0.15) is 11.4 Å². The molecule has 1 aliphatic rings. The molecule has 4 heterocycles. The second kappa shape index (κ2) is 7.02. The van der Waals surface area contributed by atoms with Crippen molar-refractivity contribution in [1.82, 2.24) is 24.9 Å². The first-order valence-corrected chi connectivity index (χ1v) is 8.58. The van der Waals surface area contributed by atoms with Crippen molar-refractivity contribution < 1.29 is 9.21 Å². The van der Waals surface area contributed by atoms with Gasteiger partial charge >= 0.3 is 0 Å². The fourth-order valence-electron chi connectivity index (χ4n) is 2.97. The van der Waals surface area contributed by atoms with Crippen molar-refractivity contribution >= 4 is 11.7 Å². The van der Waals surface area contributed by atoms with Gasteiger partial charge in [-0.25, -0.2) is 4.68 Å². The Balaban J connectivity index is 1.40. The standard InChI is InChI=1S/C18H18N6O3/c1-22-17(25)7-5-14(21-22)18(26)24-10-8-23(9-11-24)16-6-4-13(19-20-16)15-3-2-12-27-15/h2-7,12H,8-11H2,1H3. The van der Waals surface area contributed by atoms with E-state index in [1.165, 1.54) is 23.9 Å². The topological polar surface area (TPSA) is 97.4 Å². The van der Waals surface area contributed by atoms with Crippen LogP contribution in [0.25, 0.3) is 11.5 Å². The van der Waals surface area contributed by atoms with Crippen LogP contribution in [-0.2, 0) is 7.05 Å². The average Bonchev–Trinajstić information content (AvgIpc) is 3.25. The maximum atomic E-state index is 12.6. The average molecular weight is 366 g/mol. The zero-order valence-electron chi connectivity index (χ0n) is 14.8. The molecule has 3 aromatic heterocycles. The van der Waals surface area contributed by atoms with Gasteiger partial charge in [0.2, 0.25) is 0 Å². The molecule has 0 aliphatic carbocycles. The molecule has 0 spiro atoms. The van der Waals surface area contributed by atoms with Crippen LogP contribution in [0.4, 0.5) is 5.82 Å². The monoisotopic (exact) mass is 366 g/mol. The molecule has 0 N–H and O–H groups in total. The SMILES string of the molecule is Cn1nc(C(=O)N2CCN(c3ccc(-c4ccco4)nn3)CC2)ccc1=O. The van der Waals surface area contributed by atoms with E-state index in [1.807, 2.05) is 18.2 Å². The van der Waals surface area contributed by atoms with Crippen LogP contribution in [0.15, 0.2) is 51.9 Å². The summed E-state index contributed by atoms with van der Waals surface area (Å²) in [6.45, 7) is 2.38. The minimum absolute atomic E-state index is 0.176. The van der Waals surface area contributed by atoms with Crippen molar-refractivity contribution in [3.8, 4) is 11.5 Å². The molecule has 9 nitrogen and oxygen atoms in total. The summed E-state index contributed by atoms with van der Waals surface area (Å²) in [6, 6.07) is 10.2. The van der Waals surface area contributed by atoms with E-state index in [-0.39, 0.29) is 17.2 Å². The molecule has 0 unspecified atom stereocenters. The molecule has 0 bridgehead atoms. The van der Waals surface area contributed by atoms with E-state index in [4.69, 9.17) is 4.42 Å². The zero-order valence-corrected chi connectivity index (χ0v) is 14.8. The lowest BCUT2D eigenvalue weighted by molar-refractivity contribution is 0.0738. The Morgan fingerprint density at radius 3 is 2.48 bits per heavy atom. The second-order valence-corrected chi connectivity index (χ2v) is 6.21. The highest BCUT2D eigenvalue weighted by Gasteiger charge is 2.24. The van der Waals surface area contributed by atoms with Gasteiger partial charge in [-0.2, -0.15) is 5.10 Å². The van der Waals surface area contributed by atoms with Crippen LogP contribution in [-0.4, -0.2) is 57.0 Å². The van der Waals surface area contributed by atoms with Gasteiger partial charge < -0.3 is 14.2 Å². The Labute approximate surface area is 154 Å². The number of carbonyl (C=O) groups is 1. The highest BCUT2D eigenvalue weighted by molar-refractivity contribution is 5.92. The zero-order chi connectivity index (χ0) is 18.8. The fourth-order valence-corrected chi connectivity index (χ4v) is 2.97. The third-order valence-electron chi connectivity index (χ3n) is 4.49. The number of anilines is 1. The summed E-state index contributed by atoms with van der Waals surface area (Å²) in [5.74, 6) is 1.26. The normalized spacial score (nSPS) is 14.4.